The predicted octanol–water partition coefficient (Wildman–Crippen LogP) is 3.98. The fraction of sp³-hybridized carbons (Fsp3) is 0.389. The lowest BCUT2D eigenvalue weighted by Crippen LogP contribution is -2.34. The maximum atomic E-state index is 11.9. The average molecular weight is 332 g/mol. The molecule has 1 aromatic carbocycles. The van der Waals surface area contributed by atoms with Gasteiger partial charge in [-0.3, -0.25) is 0 Å². The molecule has 0 radical (unpaired) electrons. The molecule has 2 rings (SSSR count). The second-order valence-corrected chi connectivity index (χ2v) is 6.74. The number of amides is 2. The highest BCUT2D eigenvalue weighted by Crippen LogP contribution is 2.14. The third-order valence-corrected chi connectivity index (χ3v) is 4.38. The monoisotopic (exact) mass is 332 g/mol. The van der Waals surface area contributed by atoms with Gasteiger partial charge >= 0.3 is 6.03 Å². The van der Waals surface area contributed by atoms with E-state index in [1.54, 1.807) is 11.3 Å². The van der Waals surface area contributed by atoms with Gasteiger partial charge in [0.05, 0.1) is 13.2 Å². The Morgan fingerprint density at radius 3 is 2.52 bits per heavy atom. The number of benzene rings is 1. The van der Waals surface area contributed by atoms with Crippen molar-refractivity contribution in [3.05, 3.63) is 57.3 Å². The van der Waals surface area contributed by atoms with Gasteiger partial charge in [-0.2, -0.15) is 0 Å². The first-order chi connectivity index (χ1) is 11.2. The van der Waals surface area contributed by atoms with Crippen molar-refractivity contribution in [3.63, 3.8) is 0 Å². The molecular formula is C18H24N2O2S. The molecule has 0 bridgehead atoms. The molecule has 0 fully saturated rings. The molecule has 1 heterocycles. The molecule has 0 saturated heterocycles. The zero-order valence-electron chi connectivity index (χ0n) is 13.7. The van der Waals surface area contributed by atoms with Gasteiger partial charge in [-0.05, 0) is 36.6 Å². The average Bonchev–Trinajstić information content (AvgIpc) is 2.98. The number of hydrogen-bond acceptors (Lipinski definition) is 3. The Kier molecular flexibility index (Phi) is 7.10. The molecule has 0 aliphatic heterocycles. The molecule has 5 heteroatoms. The SMILES string of the molecule is CCCOCc1ccccc1CNC(=O)NCc1ccc(C)s1. The van der Waals surface area contributed by atoms with E-state index in [0.717, 1.165) is 29.0 Å². The molecule has 0 spiro atoms. The van der Waals surface area contributed by atoms with E-state index in [9.17, 15) is 4.79 Å². The van der Waals surface area contributed by atoms with Crippen LogP contribution < -0.4 is 10.6 Å². The van der Waals surface area contributed by atoms with E-state index in [0.29, 0.717) is 19.7 Å². The van der Waals surface area contributed by atoms with E-state index < -0.39 is 0 Å². The minimum Gasteiger partial charge on any atom is -0.377 e. The Bertz CT molecular complexity index is 625. The van der Waals surface area contributed by atoms with Gasteiger partial charge in [0.15, 0.2) is 0 Å². The molecule has 0 aliphatic carbocycles. The van der Waals surface area contributed by atoms with Gasteiger partial charge in [-0.1, -0.05) is 31.2 Å². The van der Waals surface area contributed by atoms with Crippen LogP contribution in [0.5, 0.6) is 0 Å². The van der Waals surface area contributed by atoms with Crippen molar-refractivity contribution < 1.29 is 9.53 Å². The molecule has 0 aliphatic rings. The number of nitrogens with one attached hydrogen (secondary N) is 2. The highest BCUT2D eigenvalue weighted by atomic mass is 32.1. The van der Waals surface area contributed by atoms with Crippen LogP contribution in [0.4, 0.5) is 4.79 Å². The Morgan fingerprint density at radius 2 is 1.83 bits per heavy atom. The minimum atomic E-state index is -0.152. The first-order valence-corrected chi connectivity index (χ1v) is 8.72. The lowest BCUT2D eigenvalue weighted by molar-refractivity contribution is 0.121. The van der Waals surface area contributed by atoms with E-state index in [2.05, 4.69) is 30.5 Å². The zero-order chi connectivity index (χ0) is 16.5. The number of carbonyl (C=O) groups excluding carboxylic acids is 1. The number of thiophene rings is 1. The highest BCUT2D eigenvalue weighted by molar-refractivity contribution is 7.11. The van der Waals surface area contributed by atoms with Crippen molar-refractivity contribution in [1.82, 2.24) is 10.6 Å². The minimum absolute atomic E-state index is 0.152. The summed E-state index contributed by atoms with van der Waals surface area (Å²) < 4.78 is 5.60. The smallest absolute Gasteiger partial charge is 0.315 e. The Balaban J connectivity index is 1.79. The molecule has 0 unspecified atom stereocenters. The number of urea groups is 1. The number of hydrogen-bond donors (Lipinski definition) is 2. The van der Waals surface area contributed by atoms with Crippen molar-refractivity contribution in [3.8, 4) is 0 Å². The molecule has 23 heavy (non-hydrogen) atoms. The summed E-state index contributed by atoms with van der Waals surface area (Å²) in [4.78, 5) is 14.3. The van der Waals surface area contributed by atoms with E-state index in [-0.39, 0.29) is 6.03 Å². The molecule has 2 aromatic rings. The van der Waals surface area contributed by atoms with Gasteiger partial charge in [0.25, 0.3) is 0 Å². The number of aryl methyl sites for hydroxylation is 1. The van der Waals surface area contributed by atoms with Crippen LogP contribution in [0.1, 0.15) is 34.2 Å². The summed E-state index contributed by atoms with van der Waals surface area (Å²) in [5, 5.41) is 5.79. The maximum Gasteiger partial charge on any atom is 0.315 e. The Morgan fingerprint density at radius 1 is 1.09 bits per heavy atom. The molecule has 124 valence electrons. The van der Waals surface area contributed by atoms with Crippen molar-refractivity contribution in [1.29, 1.82) is 0 Å². The number of ether oxygens (including phenoxy) is 1. The van der Waals surface area contributed by atoms with Gasteiger partial charge in [-0.25, -0.2) is 4.79 Å². The molecule has 0 saturated carbocycles. The molecule has 2 N–H and O–H groups in total. The van der Waals surface area contributed by atoms with Gasteiger partial charge < -0.3 is 15.4 Å². The summed E-state index contributed by atoms with van der Waals surface area (Å²) in [6, 6.07) is 12.0. The van der Waals surface area contributed by atoms with Crippen LogP contribution in [-0.2, 0) is 24.4 Å². The topological polar surface area (TPSA) is 50.4 Å². The predicted molar refractivity (Wildman–Crippen MR) is 94.5 cm³/mol. The van der Waals surface area contributed by atoms with Gasteiger partial charge in [-0.15, -0.1) is 11.3 Å². The van der Waals surface area contributed by atoms with Crippen LogP contribution >= 0.6 is 11.3 Å². The van der Waals surface area contributed by atoms with Crippen LogP contribution in [-0.4, -0.2) is 12.6 Å². The van der Waals surface area contributed by atoms with Crippen LogP contribution in [0.15, 0.2) is 36.4 Å². The van der Waals surface area contributed by atoms with E-state index in [1.807, 2.05) is 30.3 Å². The summed E-state index contributed by atoms with van der Waals surface area (Å²) in [5.74, 6) is 0. The van der Waals surface area contributed by atoms with Crippen molar-refractivity contribution in [2.24, 2.45) is 0 Å². The van der Waals surface area contributed by atoms with Crippen molar-refractivity contribution >= 4 is 17.4 Å². The summed E-state index contributed by atoms with van der Waals surface area (Å²) in [7, 11) is 0. The standard InChI is InChI=1S/C18H24N2O2S/c1-3-10-22-13-16-7-5-4-6-15(16)11-19-18(21)20-12-17-9-8-14(2)23-17/h4-9H,3,10-13H2,1-2H3,(H2,19,20,21). The van der Waals surface area contributed by atoms with Gasteiger partial charge in [0.2, 0.25) is 0 Å². The Labute approximate surface area is 141 Å². The zero-order valence-corrected chi connectivity index (χ0v) is 14.5. The largest absolute Gasteiger partial charge is 0.377 e. The van der Waals surface area contributed by atoms with E-state index >= 15 is 0 Å². The summed E-state index contributed by atoms with van der Waals surface area (Å²) in [5.41, 5.74) is 2.21. The Hall–Kier alpha value is -1.85. The lowest BCUT2D eigenvalue weighted by Gasteiger charge is -2.11. The summed E-state index contributed by atoms with van der Waals surface area (Å²) in [6.45, 7) is 6.55. The fourth-order valence-electron chi connectivity index (χ4n) is 2.18. The molecule has 1 aromatic heterocycles. The third-order valence-electron chi connectivity index (χ3n) is 3.38. The van der Waals surface area contributed by atoms with E-state index in [4.69, 9.17) is 4.74 Å². The van der Waals surface area contributed by atoms with E-state index in [1.165, 1.54) is 4.88 Å². The third kappa shape index (κ3) is 6.04. The molecule has 0 atom stereocenters. The van der Waals surface area contributed by atoms with Gasteiger partial charge in [0.1, 0.15) is 0 Å². The van der Waals surface area contributed by atoms with Crippen molar-refractivity contribution in [2.45, 2.75) is 40.0 Å². The van der Waals surface area contributed by atoms with Crippen LogP contribution in [0.25, 0.3) is 0 Å². The highest BCUT2D eigenvalue weighted by Gasteiger charge is 2.05. The number of carbonyl (C=O) groups is 1. The van der Waals surface area contributed by atoms with Crippen LogP contribution in [0, 0.1) is 6.92 Å². The van der Waals surface area contributed by atoms with Crippen LogP contribution in [0.3, 0.4) is 0 Å². The quantitative estimate of drug-likeness (QED) is 0.718. The maximum absolute atomic E-state index is 11.9. The molecular weight excluding hydrogens is 308 g/mol. The van der Waals surface area contributed by atoms with Crippen LogP contribution in [0.2, 0.25) is 0 Å². The second kappa shape index (κ2) is 9.33. The summed E-state index contributed by atoms with van der Waals surface area (Å²) in [6.07, 6.45) is 1.00. The summed E-state index contributed by atoms with van der Waals surface area (Å²) >= 11 is 1.70. The molecule has 2 amide bonds. The fourth-order valence-corrected chi connectivity index (χ4v) is 3.01. The normalized spacial score (nSPS) is 10.5. The lowest BCUT2D eigenvalue weighted by atomic mass is 10.1. The second-order valence-electron chi connectivity index (χ2n) is 5.37. The van der Waals surface area contributed by atoms with Gasteiger partial charge in [0, 0.05) is 22.9 Å². The first-order valence-electron chi connectivity index (χ1n) is 7.90. The molecule has 4 nitrogen and oxygen atoms in total. The van der Waals surface area contributed by atoms with Crippen molar-refractivity contribution in [2.75, 3.05) is 6.61 Å². The first kappa shape index (κ1) is 17.5. The number of rotatable bonds is 8.